The molecule has 0 nitrogen and oxygen atoms in total. The Morgan fingerprint density at radius 1 is 0.458 bits per heavy atom. The van der Waals surface area contributed by atoms with E-state index in [4.69, 9.17) is 0 Å². The van der Waals surface area contributed by atoms with Gasteiger partial charge in [-0.1, -0.05) is 109 Å². The van der Waals surface area contributed by atoms with E-state index in [2.05, 4.69) is 109 Å². The van der Waals surface area contributed by atoms with Gasteiger partial charge in [-0.05, 0) is 25.8 Å². The number of hydrogen-bond acceptors (Lipinski definition) is 0. The van der Waals surface area contributed by atoms with Gasteiger partial charge in [0.25, 0.3) is 0 Å². The summed E-state index contributed by atoms with van der Waals surface area (Å²) in [5, 5.41) is 3.02. The van der Waals surface area contributed by atoms with Gasteiger partial charge in [0.2, 0.25) is 0 Å². The number of allylic oxidation sites excluding steroid dienone is 8. The van der Waals surface area contributed by atoms with Crippen LogP contribution in [0.2, 0.25) is 0 Å². The molecule has 0 heterocycles. The van der Waals surface area contributed by atoms with Crippen molar-refractivity contribution in [2.24, 2.45) is 0 Å². The van der Waals surface area contributed by atoms with Gasteiger partial charge in [0.05, 0.1) is 0 Å². The third-order valence-electron chi connectivity index (χ3n) is 4.29. The van der Waals surface area contributed by atoms with Crippen molar-refractivity contribution in [3.8, 4) is 0 Å². The van der Waals surface area contributed by atoms with E-state index < -0.39 is 0 Å². The highest BCUT2D eigenvalue weighted by atomic mass is 32.1. The van der Waals surface area contributed by atoms with Crippen LogP contribution in [-0.4, -0.2) is 11.3 Å². The predicted molar refractivity (Wildman–Crippen MR) is 110 cm³/mol. The van der Waals surface area contributed by atoms with E-state index >= 15 is 0 Å². The van der Waals surface area contributed by atoms with Gasteiger partial charge in [-0.2, -0.15) is 0 Å². The summed E-state index contributed by atoms with van der Waals surface area (Å²) >= 11 is 0. The smallest absolute Gasteiger partial charge is 0.0239 e. The standard InChI is InChI=1S/C22H20P2/c1-3-11-19(12-4-1)23(21-15-7-8-16-21)24(22-17-9-10-18-22)20-13-5-2-6-14-20/h1-18,21-22H. The SMILES string of the molecule is C1=CC(P(c2ccccc2)P(c2ccccc2)C2C=CC=C2)C=C1. The molecule has 2 aliphatic rings. The molecular formula is C22H20P2. The molecule has 0 aromatic heterocycles. The summed E-state index contributed by atoms with van der Waals surface area (Å²) in [5.74, 6) is 0. The first kappa shape index (κ1) is 15.8. The Morgan fingerprint density at radius 2 is 0.792 bits per heavy atom. The van der Waals surface area contributed by atoms with Crippen molar-refractivity contribution in [1.82, 2.24) is 0 Å². The molecule has 0 amide bonds. The van der Waals surface area contributed by atoms with Gasteiger partial charge in [0.1, 0.15) is 0 Å². The van der Waals surface area contributed by atoms with E-state index in [1.807, 2.05) is 0 Å². The van der Waals surface area contributed by atoms with E-state index in [-0.39, 0.29) is 15.2 Å². The highest BCUT2D eigenvalue weighted by Crippen LogP contribution is 2.73. The summed E-state index contributed by atoms with van der Waals surface area (Å²) in [5.41, 5.74) is 1.08. The third-order valence-corrected chi connectivity index (χ3v) is 12.6. The van der Waals surface area contributed by atoms with Crippen LogP contribution in [0.25, 0.3) is 0 Å². The second-order valence-electron chi connectivity index (χ2n) is 5.88. The van der Waals surface area contributed by atoms with Crippen LogP contribution in [0, 0.1) is 0 Å². The van der Waals surface area contributed by atoms with Crippen molar-refractivity contribution in [2.45, 2.75) is 11.3 Å². The molecule has 118 valence electrons. The molecule has 2 aromatic rings. The molecule has 2 heteroatoms. The number of rotatable bonds is 5. The number of hydrogen-bond donors (Lipinski definition) is 0. The molecule has 4 rings (SSSR count). The van der Waals surface area contributed by atoms with E-state index in [1.165, 1.54) is 10.6 Å². The highest BCUT2D eigenvalue weighted by Gasteiger charge is 2.33. The first-order valence-corrected chi connectivity index (χ1v) is 11.8. The maximum Gasteiger partial charge on any atom is 0.0239 e. The predicted octanol–water partition coefficient (Wildman–Crippen LogP) is 5.51. The van der Waals surface area contributed by atoms with Crippen molar-refractivity contribution in [3.05, 3.63) is 109 Å². The molecular weight excluding hydrogens is 326 g/mol. The van der Waals surface area contributed by atoms with Crippen molar-refractivity contribution >= 4 is 25.8 Å². The average Bonchev–Trinajstić information content (AvgIpc) is 3.35. The first-order valence-electron chi connectivity index (χ1n) is 8.32. The lowest BCUT2D eigenvalue weighted by atomic mass is 10.4. The topological polar surface area (TPSA) is 0 Å². The van der Waals surface area contributed by atoms with Crippen LogP contribution in [-0.2, 0) is 0 Å². The monoisotopic (exact) mass is 346 g/mol. The molecule has 0 spiro atoms. The lowest BCUT2D eigenvalue weighted by Crippen LogP contribution is -2.17. The zero-order chi connectivity index (χ0) is 16.2. The van der Waals surface area contributed by atoms with Crippen LogP contribution in [0.5, 0.6) is 0 Å². The molecule has 0 aliphatic heterocycles. The fourth-order valence-electron chi connectivity index (χ4n) is 3.21. The Hall–Kier alpha value is -1.74. The Labute approximate surface area is 146 Å². The Bertz CT molecular complexity index is 694. The zero-order valence-corrected chi connectivity index (χ0v) is 15.2. The molecule has 2 unspecified atom stereocenters. The first-order chi connectivity index (χ1) is 11.9. The molecule has 0 fully saturated rings. The van der Waals surface area contributed by atoms with Crippen LogP contribution in [0.4, 0.5) is 0 Å². The van der Waals surface area contributed by atoms with Gasteiger partial charge < -0.3 is 0 Å². The minimum Gasteiger partial charge on any atom is -0.0727 e. The molecule has 2 atom stereocenters. The lowest BCUT2D eigenvalue weighted by molar-refractivity contribution is 1.43. The van der Waals surface area contributed by atoms with Crippen LogP contribution in [0.1, 0.15) is 0 Å². The Kier molecular flexibility index (Phi) is 4.88. The molecule has 24 heavy (non-hydrogen) atoms. The summed E-state index contributed by atoms with van der Waals surface area (Å²) in [6, 6.07) is 22.3. The summed E-state index contributed by atoms with van der Waals surface area (Å²) < 4.78 is 0. The largest absolute Gasteiger partial charge is 0.0727 e. The van der Waals surface area contributed by atoms with Gasteiger partial charge in [-0.25, -0.2) is 0 Å². The van der Waals surface area contributed by atoms with Crippen LogP contribution in [0.3, 0.4) is 0 Å². The van der Waals surface area contributed by atoms with Gasteiger partial charge in [-0.15, -0.1) is 0 Å². The molecule has 0 N–H and O–H groups in total. The van der Waals surface area contributed by atoms with Crippen molar-refractivity contribution in [3.63, 3.8) is 0 Å². The normalized spacial score (nSPS) is 19.2. The summed E-state index contributed by atoms with van der Waals surface area (Å²) in [6.07, 6.45) is 18.4. The molecule has 0 radical (unpaired) electrons. The van der Waals surface area contributed by atoms with Gasteiger partial charge >= 0.3 is 0 Å². The maximum absolute atomic E-state index is 2.39. The van der Waals surface area contributed by atoms with Crippen molar-refractivity contribution in [2.75, 3.05) is 0 Å². The van der Waals surface area contributed by atoms with Gasteiger partial charge in [-0.3, -0.25) is 0 Å². The zero-order valence-electron chi connectivity index (χ0n) is 13.4. The fourth-order valence-corrected chi connectivity index (χ4v) is 11.9. The minimum atomic E-state index is -0.319. The number of benzene rings is 2. The summed E-state index contributed by atoms with van der Waals surface area (Å²) in [4.78, 5) is 0. The molecule has 0 saturated carbocycles. The Balaban J connectivity index is 1.82. The second kappa shape index (κ2) is 7.43. The van der Waals surface area contributed by atoms with E-state index in [0.29, 0.717) is 11.3 Å². The second-order valence-corrected chi connectivity index (χ2v) is 12.1. The van der Waals surface area contributed by atoms with E-state index in [9.17, 15) is 0 Å². The van der Waals surface area contributed by atoms with E-state index in [0.717, 1.165) is 0 Å². The van der Waals surface area contributed by atoms with Gasteiger partial charge in [0.15, 0.2) is 0 Å². The highest BCUT2D eigenvalue weighted by molar-refractivity contribution is 8.36. The minimum absolute atomic E-state index is 0.319. The maximum atomic E-state index is 2.39. The fraction of sp³-hybridized carbons (Fsp3) is 0.0909. The summed E-state index contributed by atoms with van der Waals surface area (Å²) in [7, 11) is -0.638. The molecule has 0 bridgehead atoms. The average molecular weight is 346 g/mol. The third kappa shape index (κ3) is 3.23. The van der Waals surface area contributed by atoms with Gasteiger partial charge in [0, 0.05) is 11.3 Å². The Morgan fingerprint density at radius 3 is 1.12 bits per heavy atom. The van der Waals surface area contributed by atoms with E-state index in [1.54, 1.807) is 0 Å². The van der Waals surface area contributed by atoms with Crippen LogP contribution >= 0.6 is 15.2 Å². The molecule has 2 aliphatic carbocycles. The summed E-state index contributed by atoms with van der Waals surface area (Å²) in [6.45, 7) is 0. The molecule has 2 aromatic carbocycles. The van der Waals surface area contributed by atoms with Crippen molar-refractivity contribution < 1.29 is 0 Å². The quantitative estimate of drug-likeness (QED) is 0.627. The lowest BCUT2D eigenvalue weighted by Gasteiger charge is -2.35. The molecule has 0 saturated heterocycles. The van der Waals surface area contributed by atoms with Crippen LogP contribution < -0.4 is 10.6 Å². The van der Waals surface area contributed by atoms with Crippen LogP contribution in [0.15, 0.2) is 109 Å². The van der Waals surface area contributed by atoms with Crippen molar-refractivity contribution in [1.29, 1.82) is 0 Å².